The molecule has 4 rings (SSSR count). The van der Waals surface area contributed by atoms with E-state index >= 15 is 0 Å². The lowest BCUT2D eigenvalue weighted by Gasteiger charge is -2.40. The van der Waals surface area contributed by atoms with Gasteiger partial charge in [0.25, 0.3) is 11.8 Å². The molecule has 1 saturated heterocycles. The first kappa shape index (κ1) is 24.6. The predicted molar refractivity (Wildman–Crippen MR) is 135 cm³/mol. The molecule has 0 bridgehead atoms. The van der Waals surface area contributed by atoms with E-state index in [9.17, 15) is 9.59 Å². The standard InChI is InChI=1S/C29H34N2O4/c1-21-9-11-25(12-10-21)35-20-28(32)31-16-13-24(14-17-31)27(19-23-7-5-4-6-8-23)30(3)29(33)26-15-18-34-22(26)2/h4-12,15,18,24,27H,13-14,16-17,19-20H2,1-3H3/t27-/m1/s1. The second-order valence-electron chi connectivity index (χ2n) is 9.38. The van der Waals surface area contributed by atoms with Crippen molar-refractivity contribution in [3.63, 3.8) is 0 Å². The fourth-order valence-electron chi connectivity index (χ4n) is 4.83. The Labute approximate surface area is 207 Å². The Morgan fingerprint density at radius 2 is 1.71 bits per heavy atom. The molecule has 0 aliphatic carbocycles. The number of likely N-dealkylation sites (tertiary alicyclic amines) is 1. The maximum Gasteiger partial charge on any atom is 0.260 e. The van der Waals surface area contributed by atoms with Crippen LogP contribution in [0.2, 0.25) is 0 Å². The summed E-state index contributed by atoms with van der Waals surface area (Å²) in [5.41, 5.74) is 2.96. The third-order valence-corrected chi connectivity index (χ3v) is 7.01. The molecule has 35 heavy (non-hydrogen) atoms. The van der Waals surface area contributed by atoms with E-state index in [1.165, 1.54) is 5.56 Å². The van der Waals surface area contributed by atoms with Gasteiger partial charge in [0, 0.05) is 26.2 Å². The van der Waals surface area contributed by atoms with Crippen LogP contribution in [0.5, 0.6) is 5.75 Å². The van der Waals surface area contributed by atoms with Crippen molar-refractivity contribution >= 4 is 11.8 Å². The quantitative estimate of drug-likeness (QED) is 0.466. The molecule has 0 N–H and O–H groups in total. The molecule has 0 spiro atoms. The number of hydrogen-bond acceptors (Lipinski definition) is 4. The summed E-state index contributed by atoms with van der Waals surface area (Å²) in [5, 5.41) is 0. The van der Waals surface area contributed by atoms with Crippen LogP contribution in [0.3, 0.4) is 0 Å². The van der Waals surface area contributed by atoms with Gasteiger partial charge in [-0.2, -0.15) is 0 Å². The minimum Gasteiger partial charge on any atom is -0.484 e. The number of carbonyl (C=O) groups is 2. The first-order chi connectivity index (χ1) is 16.9. The summed E-state index contributed by atoms with van der Waals surface area (Å²) in [6, 6.07) is 19.8. The van der Waals surface area contributed by atoms with Gasteiger partial charge in [-0.25, -0.2) is 0 Å². The van der Waals surface area contributed by atoms with Gasteiger partial charge in [-0.15, -0.1) is 0 Å². The number of carbonyl (C=O) groups excluding carboxylic acids is 2. The van der Waals surface area contributed by atoms with E-state index in [1.807, 2.05) is 73.2 Å². The van der Waals surface area contributed by atoms with Crippen LogP contribution in [-0.4, -0.2) is 54.4 Å². The van der Waals surface area contributed by atoms with Crippen molar-refractivity contribution in [1.82, 2.24) is 9.80 Å². The molecular weight excluding hydrogens is 440 g/mol. The highest BCUT2D eigenvalue weighted by Crippen LogP contribution is 2.28. The van der Waals surface area contributed by atoms with E-state index in [2.05, 4.69) is 12.1 Å². The van der Waals surface area contributed by atoms with Crippen molar-refractivity contribution in [2.45, 2.75) is 39.2 Å². The molecule has 3 aromatic rings. The fourth-order valence-corrected chi connectivity index (χ4v) is 4.83. The Morgan fingerprint density at radius 3 is 2.34 bits per heavy atom. The second-order valence-corrected chi connectivity index (χ2v) is 9.38. The van der Waals surface area contributed by atoms with Crippen molar-refractivity contribution in [3.8, 4) is 5.75 Å². The smallest absolute Gasteiger partial charge is 0.260 e. The Kier molecular flexibility index (Phi) is 7.91. The van der Waals surface area contributed by atoms with Crippen LogP contribution >= 0.6 is 0 Å². The molecule has 1 aromatic heterocycles. The minimum atomic E-state index is -0.0258. The number of benzene rings is 2. The first-order valence-electron chi connectivity index (χ1n) is 12.2. The average Bonchev–Trinajstić information content (AvgIpc) is 3.32. The Morgan fingerprint density at radius 1 is 1.03 bits per heavy atom. The van der Waals surface area contributed by atoms with Gasteiger partial charge in [-0.1, -0.05) is 48.0 Å². The topological polar surface area (TPSA) is 63.0 Å². The van der Waals surface area contributed by atoms with Gasteiger partial charge in [-0.3, -0.25) is 9.59 Å². The Hall–Kier alpha value is -3.54. The van der Waals surface area contributed by atoms with E-state index < -0.39 is 0 Å². The highest BCUT2D eigenvalue weighted by molar-refractivity contribution is 5.95. The SMILES string of the molecule is Cc1ccc(OCC(=O)N2CCC([C@@H](Cc3ccccc3)N(C)C(=O)c3ccoc3C)CC2)cc1. The van der Waals surface area contributed by atoms with Gasteiger partial charge in [-0.05, 0) is 62.8 Å². The highest BCUT2D eigenvalue weighted by atomic mass is 16.5. The lowest BCUT2D eigenvalue weighted by Crippen LogP contribution is -2.49. The van der Waals surface area contributed by atoms with Crippen LogP contribution in [0.25, 0.3) is 0 Å². The number of nitrogens with zero attached hydrogens (tertiary/aromatic N) is 2. The van der Waals surface area contributed by atoms with E-state index in [-0.39, 0.29) is 24.5 Å². The number of likely N-dealkylation sites (N-methyl/N-ethyl adjacent to an activating group) is 1. The lowest BCUT2D eigenvalue weighted by atomic mass is 9.84. The Balaban J connectivity index is 1.40. The van der Waals surface area contributed by atoms with Gasteiger partial charge in [0.15, 0.2) is 6.61 Å². The molecule has 184 valence electrons. The van der Waals surface area contributed by atoms with Crippen molar-refractivity contribution in [2.24, 2.45) is 5.92 Å². The molecule has 1 aliphatic rings. The summed E-state index contributed by atoms with van der Waals surface area (Å²) < 4.78 is 11.1. The fraction of sp³-hybridized carbons (Fsp3) is 0.379. The number of amides is 2. The molecular formula is C29H34N2O4. The molecule has 1 aliphatic heterocycles. The third-order valence-electron chi connectivity index (χ3n) is 7.01. The predicted octanol–water partition coefficient (Wildman–Crippen LogP) is 4.90. The molecule has 1 atom stereocenters. The minimum absolute atomic E-state index is 0.00193. The van der Waals surface area contributed by atoms with Crippen molar-refractivity contribution < 1.29 is 18.7 Å². The number of rotatable bonds is 8. The van der Waals surface area contributed by atoms with Crippen LogP contribution < -0.4 is 4.74 Å². The van der Waals surface area contributed by atoms with Gasteiger partial charge < -0.3 is 19.0 Å². The van der Waals surface area contributed by atoms with E-state index in [0.29, 0.717) is 36.1 Å². The molecule has 1 fully saturated rings. The van der Waals surface area contributed by atoms with Crippen LogP contribution in [0, 0.1) is 19.8 Å². The monoisotopic (exact) mass is 474 g/mol. The third kappa shape index (κ3) is 6.13. The summed E-state index contributed by atoms with van der Waals surface area (Å²) in [5.74, 6) is 1.61. The molecule has 6 heteroatoms. The van der Waals surface area contributed by atoms with E-state index in [0.717, 1.165) is 24.8 Å². The number of furan rings is 1. The number of aryl methyl sites for hydroxylation is 2. The van der Waals surface area contributed by atoms with Gasteiger partial charge >= 0.3 is 0 Å². The van der Waals surface area contributed by atoms with Crippen LogP contribution in [0.15, 0.2) is 71.3 Å². The van der Waals surface area contributed by atoms with Gasteiger partial charge in [0.2, 0.25) is 0 Å². The van der Waals surface area contributed by atoms with Crippen LogP contribution in [0.4, 0.5) is 0 Å². The summed E-state index contributed by atoms with van der Waals surface area (Å²) in [4.78, 5) is 29.8. The van der Waals surface area contributed by atoms with Crippen molar-refractivity contribution in [1.29, 1.82) is 0 Å². The number of ether oxygens (including phenoxy) is 1. The Bertz CT molecular complexity index is 1120. The zero-order valence-electron chi connectivity index (χ0n) is 20.8. The summed E-state index contributed by atoms with van der Waals surface area (Å²) in [6.07, 6.45) is 4.02. The van der Waals surface area contributed by atoms with Crippen molar-refractivity contribution in [3.05, 3.63) is 89.4 Å². The molecule has 2 heterocycles. The normalized spacial score (nSPS) is 15.0. The molecule has 2 amide bonds. The van der Waals surface area contributed by atoms with Crippen molar-refractivity contribution in [2.75, 3.05) is 26.7 Å². The van der Waals surface area contributed by atoms with Crippen LogP contribution in [-0.2, 0) is 11.2 Å². The summed E-state index contributed by atoms with van der Waals surface area (Å²) >= 11 is 0. The average molecular weight is 475 g/mol. The van der Waals surface area contributed by atoms with E-state index in [1.54, 1.807) is 12.3 Å². The second kappa shape index (κ2) is 11.3. The zero-order chi connectivity index (χ0) is 24.8. The number of hydrogen-bond donors (Lipinski definition) is 0. The first-order valence-corrected chi connectivity index (χ1v) is 12.2. The molecule has 0 saturated carbocycles. The zero-order valence-corrected chi connectivity index (χ0v) is 20.8. The largest absolute Gasteiger partial charge is 0.484 e. The molecule has 6 nitrogen and oxygen atoms in total. The maximum absolute atomic E-state index is 13.3. The summed E-state index contributed by atoms with van der Waals surface area (Å²) in [7, 11) is 1.88. The maximum atomic E-state index is 13.3. The molecule has 2 aromatic carbocycles. The molecule has 0 radical (unpaired) electrons. The highest BCUT2D eigenvalue weighted by Gasteiger charge is 2.33. The lowest BCUT2D eigenvalue weighted by molar-refractivity contribution is -0.135. The summed E-state index contributed by atoms with van der Waals surface area (Å²) in [6.45, 7) is 5.21. The molecule has 0 unspecified atom stereocenters. The van der Waals surface area contributed by atoms with E-state index in [4.69, 9.17) is 9.15 Å². The van der Waals surface area contributed by atoms with Gasteiger partial charge in [0.1, 0.15) is 11.5 Å². The number of piperidine rings is 1. The van der Waals surface area contributed by atoms with Crippen LogP contribution in [0.1, 0.15) is 40.1 Å². The van der Waals surface area contributed by atoms with Gasteiger partial charge in [0.05, 0.1) is 11.8 Å².